The SMILES string of the molecule is CCCCOc1nc(N)c2ncc(CC3CCN(CC(C)NC)CC3)n2n1. The zero-order valence-electron chi connectivity index (χ0n) is 16.8. The quantitative estimate of drug-likeness (QED) is 0.645. The van der Waals surface area contributed by atoms with Crippen molar-refractivity contribution in [3.63, 3.8) is 0 Å². The monoisotopic (exact) mass is 375 g/mol. The summed E-state index contributed by atoms with van der Waals surface area (Å²) in [5.74, 6) is 1.02. The zero-order chi connectivity index (χ0) is 19.2. The largest absolute Gasteiger partial charge is 0.462 e. The lowest BCUT2D eigenvalue weighted by Gasteiger charge is -2.33. The van der Waals surface area contributed by atoms with Crippen molar-refractivity contribution in [3.05, 3.63) is 11.9 Å². The summed E-state index contributed by atoms with van der Waals surface area (Å²) in [5, 5.41) is 7.84. The van der Waals surface area contributed by atoms with Crippen molar-refractivity contribution in [2.45, 2.75) is 52.0 Å². The molecule has 27 heavy (non-hydrogen) atoms. The highest BCUT2D eigenvalue weighted by molar-refractivity contribution is 5.59. The van der Waals surface area contributed by atoms with Crippen LogP contribution in [0.4, 0.5) is 5.82 Å². The molecule has 0 amide bonds. The second-order valence-corrected chi connectivity index (χ2v) is 7.60. The molecule has 0 radical (unpaired) electrons. The van der Waals surface area contributed by atoms with Crippen LogP contribution in [0, 0.1) is 5.92 Å². The van der Waals surface area contributed by atoms with Crippen molar-refractivity contribution in [1.29, 1.82) is 0 Å². The van der Waals surface area contributed by atoms with Crippen LogP contribution in [0.1, 0.15) is 45.2 Å². The number of ether oxygens (including phenoxy) is 1. The minimum absolute atomic E-state index is 0.337. The Balaban J connectivity index is 1.63. The molecule has 0 aliphatic carbocycles. The highest BCUT2D eigenvalue weighted by Gasteiger charge is 2.22. The predicted molar refractivity (Wildman–Crippen MR) is 107 cm³/mol. The lowest BCUT2D eigenvalue weighted by molar-refractivity contribution is 0.171. The van der Waals surface area contributed by atoms with Crippen molar-refractivity contribution < 1.29 is 4.74 Å². The third-order valence-electron chi connectivity index (χ3n) is 5.40. The van der Waals surface area contributed by atoms with Gasteiger partial charge in [0.1, 0.15) is 0 Å². The second kappa shape index (κ2) is 9.32. The number of unbranched alkanes of at least 4 members (excludes halogenated alkanes) is 1. The van der Waals surface area contributed by atoms with E-state index in [0.29, 0.717) is 36.0 Å². The summed E-state index contributed by atoms with van der Waals surface area (Å²) >= 11 is 0. The summed E-state index contributed by atoms with van der Waals surface area (Å²) in [6.07, 6.45) is 7.28. The molecule has 2 aromatic heterocycles. The lowest BCUT2D eigenvalue weighted by atomic mass is 9.92. The molecule has 1 aliphatic rings. The number of nitrogens with one attached hydrogen (secondary N) is 1. The van der Waals surface area contributed by atoms with E-state index in [1.807, 2.05) is 17.8 Å². The topological polar surface area (TPSA) is 93.6 Å². The number of piperidine rings is 1. The molecule has 8 nitrogen and oxygen atoms in total. The van der Waals surface area contributed by atoms with Crippen LogP contribution in [0.3, 0.4) is 0 Å². The van der Waals surface area contributed by atoms with E-state index in [1.54, 1.807) is 0 Å². The van der Waals surface area contributed by atoms with Gasteiger partial charge >= 0.3 is 6.01 Å². The van der Waals surface area contributed by atoms with Gasteiger partial charge in [0.25, 0.3) is 0 Å². The molecule has 3 rings (SSSR count). The first-order chi connectivity index (χ1) is 13.1. The molecule has 0 bridgehead atoms. The molecule has 2 aromatic rings. The third-order valence-corrected chi connectivity index (χ3v) is 5.40. The van der Waals surface area contributed by atoms with Crippen molar-refractivity contribution in [2.75, 3.05) is 39.0 Å². The first-order valence-corrected chi connectivity index (χ1v) is 10.1. The van der Waals surface area contributed by atoms with Gasteiger partial charge in [0.15, 0.2) is 11.5 Å². The number of hydrogen-bond donors (Lipinski definition) is 2. The fourth-order valence-corrected chi connectivity index (χ4v) is 3.58. The van der Waals surface area contributed by atoms with Gasteiger partial charge in [0.2, 0.25) is 0 Å². The highest BCUT2D eigenvalue weighted by Crippen LogP contribution is 2.23. The van der Waals surface area contributed by atoms with Crippen LogP contribution in [-0.4, -0.2) is 63.8 Å². The normalized spacial score (nSPS) is 17.4. The number of aromatic nitrogens is 4. The number of fused-ring (bicyclic) bond motifs is 1. The van der Waals surface area contributed by atoms with Gasteiger partial charge in [0, 0.05) is 12.6 Å². The van der Waals surface area contributed by atoms with E-state index in [-0.39, 0.29) is 0 Å². The zero-order valence-corrected chi connectivity index (χ0v) is 16.8. The molecule has 1 aliphatic heterocycles. The minimum Gasteiger partial charge on any atom is -0.462 e. The molecule has 0 aromatic carbocycles. The number of anilines is 1. The smallest absolute Gasteiger partial charge is 0.336 e. The summed E-state index contributed by atoms with van der Waals surface area (Å²) in [6, 6.07) is 0.870. The standard InChI is InChI=1S/C19H33N7O/c1-4-5-10-27-19-23-17(20)18-22-12-16(26(18)24-19)11-15-6-8-25(9-7-15)13-14(2)21-3/h12,14-15,21H,4-11,13H2,1-3H3,(H2,20,23,24). The van der Waals surface area contributed by atoms with E-state index < -0.39 is 0 Å². The summed E-state index contributed by atoms with van der Waals surface area (Å²) in [6.45, 7) is 8.37. The molecule has 3 heterocycles. The molecule has 0 saturated carbocycles. The number of rotatable bonds is 9. The summed E-state index contributed by atoms with van der Waals surface area (Å²) in [7, 11) is 2.02. The van der Waals surface area contributed by atoms with Gasteiger partial charge in [-0.2, -0.15) is 4.98 Å². The van der Waals surface area contributed by atoms with Gasteiger partial charge in [-0.25, -0.2) is 9.50 Å². The maximum Gasteiger partial charge on any atom is 0.336 e. The Morgan fingerprint density at radius 2 is 2.15 bits per heavy atom. The Morgan fingerprint density at radius 3 is 2.85 bits per heavy atom. The number of imidazole rings is 1. The minimum atomic E-state index is 0.337. The molecular weight excluding hydrogens is 342 g/mol. The van der Waals surface area contributed by atoms with E-state index in [0.717, 1.165) is 44.6 Å². The van der Waals surface area contributed by atoms with Gasteiger partial charge < -0.3 is 20.7 Å². The molecular formula is C19H33N7O. The fraction of sp³-hybridized carbons (Fsp3) is 0.737. The van der Waals surface area contributed by atoms with Gasteiger partial charge in [0.05, 0.1) is 18.5 Å². The Morgan fingerprint density at radius 1 is 1.37 bits per heavy atom. The fourth-order valence-electron chi connectivity index (χ4n) is 3.58. The molecule has 150 valence electrons. The van der Waals surface area contributed by atoms with Gasteiger partial charge in [-0.05, 0) is 58.7 Å². The molecule has 1 unspecified atom stereocenters. The number of nitrogens with zero attached hydrogens (tertiary/aromatic N) is 5. The van der Waals surface area contributed by atoms with Crippen molar-refractivity contribution in [1.82, 2.24) is 29.8 Å². The van der Waals surface area contributed by atoms with Crippen LogP contribution in [0.2, 0.25) is 0 Å². The van der Waals surface area contributed by atoms with Crippen LogP contribution in [-0.2, 0) is 6.42 Å². The summed E-state index contributed by atoms with van der Waals surface area (Å²) in [4.78, 5) is 11.2. The lowest BCUT2D eigenvalue weighted by Crippen LogP contribution is -2.42. The van der Waals surface area contributed by atoms with Crippen LogP contribution < -0.4 is 15.8 Å². The van der Waals surface area contributed by atoms with Gasteiger partial charge in [-0.15, -0.1) is 5.10 Å². The number of hydrogen-bond acceptors (Lipinski definition) is 7. The van der Waals surface area contributed by atoms with E-state index in [9.17, 15) is 0 Å². The van der Waals surface area contributed by atoms with Crippen LogP contribution in [0.15, 0.2) is 6.20 Å². The second-order valence-electron chi connectivity index (χ2n) is 7.60. The number of likely N-dealkylation sites (N-methyl/N-ethyl adjacent to an activating group) is 1. The van der Waals surface area contributed by atoms with E-state index >= 15 is 0 Å². The third kappa shape index (κ3) is 5.07. The molecule has 8 heteroatoms. The summed E-state index contributed by atoms with van der Waals surface area (Å²) in [5.41, 5.74) is 7.76. The van der Waals surface area contributed by atoms with E-state index in [1.165, 1.54) is 12.8 Å². The predicted octanol–water partition coefficient (Wildman–Crippen LogP) is 1.75. The van der Waals surface area contributed by atoms with Crippen molar-refractivity contribution in [3.8, 4) is 6.01 Å². The molecule has 3 N–H and O–H groups in total. The van der Waals surface area contributed by atoms with Crippen molar-refractivity contribution >= 4 is 11.5 Å². The first kappa shape index (κ1) is 19.8. The Bertz CT molecular complexity index is 724. The highest BCUT2D eigenvalue weighted by atomic mass is 16.5. The number of likely N-dealkylation sites (tertiary alicyclic amines) is 1. The van der Waals surface area contributed by atoms with Gasteiger partial charge in [-0.1, -0.05) is 13.3 Å². The average molecular weight is 376 g/mol. The number of nitrogen functional groups attached to an aromatic ring is 1. The maximum absolute atomic E-state index is 6.06. The number of nitrogens with two attached hydrogens (primary N) is 1. The van der Waals surface area contributed by atoms with Crippen LogP contribution >= 0.6 is 0 Å². The first-order valence-electron chi connectivity index (χ1n) is 10.1. The maximum atomic E-state index is 6.06. The van der Waals surface area contributed by atoms with Crippen LogP contribution in [0.25, 0.3) is 5.65 Å². The Labute approximate surface area is 161 Å². The Hall–Kier alpha value is -1.93. The Kier molecular flexibility index (Phi) is 6.84. The van der Waals surface area contributed by atoms with Crippen LogP contribution in [0.5, 0.6) is 6.01 Å². The molecule has 1 atom stereocenters. The molecule has 1 saturated heterocycles. The average Bonchev–Trinajstić information content (AvgIpc) is 3.07. The molecule has 1 fully saturated rings. The van der Waals surface area contributed by atoms with Crippen molar-refractivity contribution in [2.24, 2.45) is 5.92 Å². The summed E-state index contributed by atoms with van der Waals surface area (Å²) < 4.78 is 7.47. The molecule has 0 spiro atoms. The van der Waals surface area contributed by atoms with E-state index in [4.69, 9.17) is 10.5 Å². The van der Waals surface area contributed by atoms with E-state index in [2.05, 4.69) is 39.1 Å². The van der Waals surface area contributed by atoms with Gasteiger partial charge in [-0.3, -0.25) is 0 Å².